The smallest absolute Gasteiger partial charge is 0.326 e. The number of benzene rings is 1. The summed E-state index contributed by atoms with van der Waals surface area (Å²) in [5.74, 6) is 0.928. The first-order valence-corrected chi connectivity index (χ1v) is 12.8. The lowest BCUT2D eigenvalue weighted by molar-refractivity contribution is 0.134. The molecule has 1 saturated heterocycles. The highest BCUT2D eigenvalue weighted by Crippen LogP contribution is 2.38. The van der Waals surface area contributed by atoms with E-state index < -0.39 is 0 Å². The molecule has 1 fully saturated rings. The number of allylic oxidation sites excluding steroid dienone is 2. The number of para-hydroxylation sites is 2. The maximum atomic E-state index is 12.6. The van der Waals surface area contributed by atoms with Crippen molar-refractivity contribution in [2.75, 3.05) is 26.7 Å². The van der Waals surface area contributed by atoms with E-state index in [4.69, 9.17) is 9.47 Å². The molecule has 4 heterocycles. The zero-order valence-corrected chi connectivity index (χ0v) is 20.7. The van der Waals surface area contributed by atoms with Gasteiger partial charge in [0.2, 0.25) is 0 Å². The lowest BCUT2D eigenvalue weighted by Gasteiger charge is -2.32. The van der Waals surface area contributed by atoms with Crippen molar-refractivity contribution in [1.29, 1.82) is 0 Å². The summed E-state index contributed by atoms with van der Waals surface area (Å²) >= 11 is 0. The number of hydrogen-bond donors (Lipinski definition) is 1. The van der Waals surface area contributed by atoms with Crippen molar-refractivity contribution in [3.63, 3.8) is 0 Å². The molecule has 1 aromatic carbocycles. The molecule has 186 valence electrons. The molecular weight excluding hydrogens is 452 g/mol. The van der Waals surface area contributed by atoms with E-state index in [2.05, 4.69) is 33.1 Å². The monoisotopic (exact) mass is 484 g/mol. The number of aromatic nitrogens is 3. The molecule has 0 bridgehead atoms. The third kappa shape index (κ3) is 4.33. The number of ether oxygens (including phenoxy) is 2. The molecule has 2 aromatic heterocycles. The van der Waals surface area contributed by atoms with Crippen LogP contribution in [0.3, 0.4) is 0 Å². The maximum Gasteiger partial charge on any atom is 0.326 e. The van der Waals surface area contributed by atoms with Crippen LogP contribution in [0.2, 0.25) is 0 Å². The van der Waals surface area contributed by atoms with Gasteiger partial charge >= 0.3 is 5.69 Å². The molecule has 2 aliphatic heterocycles. The molecule has 1 unspecified atom stereocenters. The molecule has 1 aliphatic carbocycles. The Hall–Kier alpha value is -3.42. The molecule has 1 atom stereocenters. The summed E-state index contributed by atoms with van der Waals surface area (Å²) in [6.07, 6.45) is 12.1. The summed E-state index contributed by atoms with van der Waals surface area (Å²) in [5.41, 5.74) is 6.48. The number of pyridine rings is 1. The van der Waals surface area contributed by atoms with Gasteiger partial charge in [-0.15, -0.1) is 0 Å². The van der Waals surface area contributed by atoms with E-state index in [0.29, 0.717) is 6.61 Å². The number of nitrogens with zero attached hydrogens (tertiary/aromatic N) is 3. The van der Waals surface area contributed by atoms with Gasteiger partial charge in [-0.25, -0.2) is 4.79 Å². The largest absolute Gasteiger partial charge is 0.487 e. The SMILES string of the molecule is COC1C=CC2=C(C1)C(=CCCN1CCC(n3c(=O)[nH]c4ccccc43)CC1)c1cccnc1CO2. The molecule has 7 heteroatoms. The minimum atomic E-state index is 0.00205. The van der Waals surface area contributed by atoms with Crippen LogP contribution in [0.4, 0.5) is 0 Å². The van der Waals surface area contributed by atoms with Crippen LogP contribution in [-0.4, -0.2) is 52.3 Å². The fourth-order valence-corrected chi connectivity index (χ4v) is 5.77. The average Bonchev–Trinajstić information content (AvgIpc) is 3.17. The summed E-state index contributed by atoms with van der Waals surface area (Å²) in [5, 5.41) is 0. The normalized spacial score (nSPS) is 21.9. The molecule has 0 amide bonds. The number of nitrogens with one attached hydrogen (secondary N) is 1. The fourth-order valence-electron chi connectivity index (χ4n) is 5.77. The third-order valence-electron chi connectivity index (χ3n) is 7.68. The molecule has 3 aromatic rings. The number of methoxy groups -OCH3 is 1. The highest BCUT2D eigenvalue weighted by Gasteiger charge is 2.27. The highest BCUT2D eigenvalue weighted by atomic mass is 16.5. The van der Waals surface area contributed by atoms with Crippen LogP contribution in [0.1, 0.15) is 43.0 Å². The number of imidazole rings is 1. The molecule has 7 nitrogen and oxygen atoms in total. The number of aromatic amines is 1. The summed E-state index contributed by atoms with van der Waals surface area (Å²) in [4.78, 5) is 22.7. The Morgan fingerprint density at radius 3 is 2.92 bits per heavy atom. The molecule has 1 N–H and O–H groups in total. The first-order chi connectivity index (χ1) is 17.7. The molecule has 36 heavy (non-hydrogen) atoms. The van der Waals surface area contributed by atoms with Gasteiger partial charge in [0.05, 0.1) is 22.8 Å². The van der Waals surface area contributed by atoms with E-state index in [1.165, 1.54) is 11.1 Å². The van der Waals surface area contributed by atoms with Crippen LogP contribution >= 0.6 is 0 Å². The Labute approximate surface area is 210 Å². The number of likely N-dealkylation sites (tertiary alicyclic amines) is 1. The molecule has 0 saturated carbocycles. The number of rotatable bonds is 5. The van der Waals surface area contributed by atoms with Crippen LogP contribution in [0.25, 0.3) is 16.6 Å². The van der Waals surface area contributed by atoms with Crippen LogP contribution in [0.15, 0.2) is 76.9 Å². The second-order valence-corrected chi connectivity index (χ2v) is 9.76. The summed E-state index contributed by atoms with van der Waals surface area (Å²) in [6.45, 7) is 3.45. The third-order valence-corrected chi connectivity index (χ3v) is 7.68. The lowest BCUT2D eigenvalue weighted by atomic mass is 9.89. The van der Waals surface area contributed by atoms with Gasteiger partial charge in [0, 0.05) is 56.5 Å². The standard InChI is InChI=1S/C29H32N4O3/c1-35-21-10-11-28-24(18-21)22(23-6-4-14-30-26(23)19-36-28)7-5-15-32-16-12-20(13-17-32)33-27-9-3-2-8-25(27)31-29(33)34/h2-4,6-11,14,20-21H,5,12-13,15-19H2,1H3,(H,31,34). The fraction of sp³-hybridized carbons (Fsp3) is 0.379. The number of H-pyrrole nitrogens is 1. The van der Waals surface area contributed by atoms with Crippen LogP contribution in [0, 0.1) is 0 Å². The van der Waals surface area contributed by atoms with Crippen LogP contribution < -0.4 is 5.69 Å². The van der Waals surface area contributed by atoms with Gasteiger partial charge < -0.3 is 19.4 Å². The minimum absolute atomic E-state index is 0.00205. The Balaban J connectivity index is 1.16. The van der Waals surface area contributed by atoms with Crippen LogP contribution in [0.5, 0.6) is 0 Å². The number of hydrogen-bond acceptors (Lipinski definition) is 5. The van der Waals surface area contributed by atoms with E-state index in [-0.39, 0.29) is 17.8 Å². The van der Waals surface area contributed by atoms with E-state index in [1.807, 2.05) is 47.2 Å². The molecule has 6 rings (SSSR count). The van der Waals surface area contributed by atoms with E-state index in [0.717, 1.165) is 73.4 Å². The molecule has 0 radical (unpaired) electrons. The lowest BCUT2D eigenvalue weighted by Crippen LogP contribution is -2.37. The first kappa shape index (κ1) is 23.0. The first-order valence-electron chi connectivity index (χ1n) is 12.8. The van der Waals surface area contributed by atoms with Crippen molar-refractivity contribution in [1.82, 2.24) is 19.4 Å². The van der Waals surface area contributed by atoms with Crippen molar-refractivity contribution in [2.45, 2.75) is 44.4 Å². The van der Waals surface area contributed by atoms with Gasteiger partial charge in [-0.3, -0.25) is 9.55 Å². The summed E-state index contributed by atoms with van der Waals surface area (Å²) in [7, 11) is 1.75. The second kappa shape index (κ2) is 9.91. The average molecular weight is 485 g/mol. The molecule has 0 spiro atoms. The van der Waals surface area contributed by atoms with E-state index >= 15 is 0 Å². The topological polar surface area (TPSA) is 72.4 Å². The predicted molar refractivity (Wildman–Crippen MR) is 140 cm³/mol. The summed E-state index contributed by atoms with van der Waals surface area (Å²) in [6, 6.07) is 12.4. The van der Waals surface area contributed by atoms with Gasteiger partial charge in [-0.05, 0) is 49.1 Å². The van der Waals surface area contributed by atoms with Crippen LogP contribution in [-0.2, 0) is 16.1 Å². The zero-order valence-electron chi connectivity index (χ0n) is 20.7. The minimum Gasteiger partial charge on any atom is -0.487 e. The second-order valence-electron chi connectivity index (χ2n) is 9.76. The zero-order chi connectivity index (χ0) is 24.5. The van der Waals surface area contributed by atoms with Gasteiger partial charge in [0.15, 0.2) is 0 Å². The van der Waals surface area contributed by atoms with E-state index in [1.54, 1.807) is 7.11 Å². The van der Waals surface area contributed by atoms with Crippen molar-refractivity contribution in [3.8, 4) is 0 Å². The quantitative estimate of drug-likeness (QED) is 0.573. The Morgan fingerprint density at radius 2 is 2.06 bits per heavy atom. The van der Waals surface area contributed by atoms with Crippen molar-refractivity contribution >= 4 is 16.6 Å². The Bertz CT molecular complexity index is 1410. The van der Waals surface area contributed by atoms with Gasteiger partial charge in [-0.2, -0.15) is 0 Å². The number of piperidine rings is 1. The Kier molecular flexibility index (Phi) is 6.34. The Morgan fingerprint density at radius 1 is 1.19 bits per heavy atom. The van der Waals surface area contributed by atoms with Crippen molar-refractivity contribution in [2.24, 2.45) is 0 Å². The van der Waals surface area contributed by atoms with Gasteiger partial charge in [0.25, 0.3) is 0 Å². The van der Waals surface area contributed by atoms with Gasteiger partial charge in [-0.1, -0.05) is 30.4 Å². The van der Waals surface area contributed by atoms with Crippen molar-refractivity contribution < 1.29 is 9.47 Å². The summed E-state index contributed by atoms with van der Waals surface area (Å²) < 4.78 is 13.7. The maximum absolute atomic E-state index is 12.6. The molecule has 3 aliphatic rings. The highest BCUT2D eigenvalue weighted by molar-refractivity contribution is 5.82. The number of fused-ring (bicyclic) bond motifs is 2. The van der Waals surface area contributed by atoms with Crippen molar-refractivity contribution in [3.05, 3.63) is 93.9 Å². The predicted octanol–water partition coefficient (Wildman–Crippen LogP) is 4.59. The molecular formula is C29H32N4O3. The van der Waals surface area contributed by atoms with Gasteiger partial charge in [0.1, 0.15) is 12.4 Å². The van der Waals surface area contributed by atoms with E-state index in [9.17, 15) is 4.79 Å².